The molecule has 1 aromatic heterocycles. The number of hydrogen-bond donors (Lipinski definition) is 2. The first kappa shape index (κ1) is 23.4. The summed E-state index contributed by atoms with van der Waals surface area (Å²) in [5.41, 5.74) is 2.78. The Hall–Kier alpha value is -2.75. The normalized spacial score (nSPS) is 15.3. The third-order valence-electron chi connectivity index (χ3n) is 5.63. The summed E-state index contributed by atoms with van der Waals surface area (Å²) in [5.74, 6) is -0.00846. The van der Waals surface area contributed by atoms with Crippen molar-refractivity contribution >= 4 is 37.9 Å². The average molecular weight is 485 g/mol. The predicted octanol–water partition coefficient (Wildman–Crippen LogP) is 3.61. The zero-order valence-electron chi connectivity index (χ0n) is 18.5. The van der Waals surface area contributed by atoms with Gasteiger partial charge in [0, 0.05) is 43.0 Å². The van der Waals surface area contributed by atoms with Crippen LogP contribution in [0.4, 0.5) is 10.8 Å². The molecule has 0 unspecified atom stereocenters. The summed E-state index contributed by atoms with van der Waals surface area (Å²) < 4.78 is 23.1. The number of anilines is 2. The van der Waals surface area contributed by atoms with Gasteiger partial charge in [-0.15, -0.1) is 11.3 Å². The van der Waals surface area contributed by atoms with E-state index in [-0.39, 0.29) is 23.3 Å². The van der Waals surface area contributed by atoms with Crippen LogP contribution in [0.1, 0.15) is 24.1 Å². The number of rotatable bonds is 8. The second kappa shape index (κ2) is 10.5. The largest absolute Gasteiger partial charge is 0.353 e. The van der Waals surface area contributed by atoms with Crippen molar-refractivity contribution in [1.29, 1.82) is 0 Å². The minimum Gasteiger partial charge on any atom is -0.353 e. The highest BCUT2D eigenvalue weighted by molar-refractivity contribution is 7.90. The Balaban J connectivity index is 1.22. The molecule has 0 saturated carbocycles. The number of carbonyl (C=O) groups excluding carboxylic acids is 1. The van der Waals surface area contributed by atoms with Gasteiger partial charge in [-0.1, -0.05) is 30.3 Å². The van der Waals surface area contributed by atoms with E-state index in [1.807, 2.05) is 11.4 Å². The summed E-state index contributed by atoms with van der Waals surface area (Å²) in [6, 6.07) is 17.2. The topological polar surface area (TPSA) is 91.4 Å². The van der Waals surface area contributed by atoms with Gasteiger partial charge in [0.2, 0.25) is 5.91 Å². The molecule has 1 aliphatic heterocycles. The molecule has 2 heterocycles. The Morgan fingerprint density at radius 3 is 2.45 bits per heavy atom. The maximum absolute atomic E-state index is 12.5. The van der Waals surface area contributed by atoms with Crippen molar-refractivity contribution in [3.05, 3.63) is 71.2 Å². The number of piperidine rings is 1. The molecule has 0 aliphatic carbocycles. The number of aromatic nitrogens is 1. The molecule has 9 heteroatoms. The molecule has 2 N–H and O–H groups in total. The average Bonchev–Trinajstić information content (AvgIpc) is 3.22. The zero-order valence-corrected chi connectivity index (χ0v) is 20.2. The summed E-state index contributed by atoms with van der Waals surface area (Å²) in [7, 11) is -3.22. The van der Waals surface area contributed by atoms with Gasteiger partial charge in [-0.2, -0.15) is 0 Å². The first-order valence-corrected chi connectivity index (χ1v) is 13.7. The number of amides is 1. The maximum Gasteiger partial charge on any atom is 0.226 e. The molecule has 174 valence electrons. The van der Waals surface area contributed by atoms with Crippen LogP contribution < -0.4 is 10.6 Å². The van der Waals surface area contributed by atoms with Crippen LogP contribution in [0.3, 0.4) is 0 Å². The summed E-state index contributed by atoms with van der Waals surface area (Å²) in [4.78, 5) is 19.7. The van der Waals surface area contributed by atoms with Gasteiger partial charge in [0.05, 0.1) is 17.0 Å². The molecule has 0 bridgehead atoms. The summed E-state index contributed by atoms with van der Waals surface area (Å²) in [6.45, 7) is 2.90. The minimum absolute atomic E-state index is 0.00846. The van der Waals surface area contributed by atoms with E-state index in [0.29, 0.717) is 10.8 Å². The fraction of sp³-hybridized carbons (Fsp3) is 0.333. The Bertz CT molecular complexity index is 1170. The summed E-state index contributed by atoms with van der Waals surface area (Å²) in [6.07, 6.45) is 3.33. The molecule has 1 saturated heterocycles. The third-order valence-corrected chi connectivity index (χ3v) is 7.56. The molecule has 33 heavy (non-hydrogen) atoms. The van der Waals surface area contributed by atoms with E-state index in [4.69, 9.17) is 0 Å². The van der Waals surface area contributed by atoms with Crippen molar-refractivity contribution in [3.63, 3.8) is 0 Å². The van der Waals surface area contributed by atoms with Crippen LogP contribution >= 0.6 is 11.3 Å². The Morgan fingerprint density at radius 2 is 1.79 bits per heavy atom. The van der Waals surface area contributed by atoms with E-state index in [9.17, 15) is 13.2 Å². The molecule has 1 amide bonds. The Morgan fingerprint density at radius 1 is 1.09 bits per heavy atom. The highest BCUT2D eigenvalue weighted by Gasteiger charge is 2.21. The third kappa shape index (κ3) is 6.86. The smallest absolute Gasteiger partial charge is 0.226 e. The molecule has 0 atom stereocenters. The van der Waals surface area contributed by atoms with Crippen LogP contribution in [0.15, 0.2) is 64.9 Å². The van der Waals surface area contributed by atoms with E-state index in [0.717, 1.165) is 38.2 Å². The lowest BCUT2D eigenvalue weighted by atomic mass is 10.0. The van der Waals surface area contributed by atoms with Crippen LogP contribution in [0, 0.1) is 0 Å². The van der Waals surface area contributed by atoms with Gasteiger partial charge in [-0.3, -0.25) is 9.69 Å². The molecule has 2 aromatic carbocycles. The number of nitrogens with one attached hydrogen (secondary N) is 2. The van der Waals surface area contributed by atoms with Gasteiger partial charge in [0.1, 0.15) is 0 Å². The Labute approximate surface area is 198 Å². The van der Waals surface area contributed by atoms with Gasteiger partial charge in [-0.05, 0) is 42.7 Å². The monoisotopic (exact) mass is 484 g/mol. The van der Waals surface area contributed by atoms with Gasteiger partial charge < -0.3 is 10.6 Å². The standard InChI is InChI=1S/C24H28N4O3S2/c1-33(30,31)22-9-7-19(8-10-22)26-24-27-21(17-32-24)15-23(29)25-20-11-13-28(14-12-20)16-18-5-3-2-4-6-18/h2-10,17,20H,11-16H2,1H3,(H,25,29)(H,26,27). The van der Waals surface area contributed by atoms with E-state index in [1.165, 1.54) is 23.2 Å². The number of sulfone groups is 1. The molecule has 1 aliphatic rings. The first-order chi connectivity index (χ1) is 15.8. The van der Waals surface area contributed by atoms with Gasteiger partial charge in [0.25, 0.3) is 0 Å². The number of thiazole rings is 1. The lowest BCUT2D eigenvalue weighted by Crippen LogP contribution is -2.44. The molecule has 0 radical (unpaired) electrons. The van der Waals surface area contributed by atoms with E-state index >= 15 is 0 Å². The molecule has 4 rings (SSSR count). The van der Waals surface area contributed by atoms with Gasteiger partial charge >= 0.3 is 0 Å². The second-order valence-electron chi connectivity index (χ2n) is 8.35. The van der Waals surface area contributed by atoms with Crippen LogP contribution in [0.5, 0.6) is 0 Å². The first-order valence-electron chi connectivity index (χ1n) is 10.9. The molecule has 7 nitrogen and oxygen atoms in total. The number of benzene rings is 2. The lowest BCUT2D eigenvalue weighted by Gasteiger charge is -2.32. The second-order valence-corrected chi connectivity index (χ2v) is 11.2. The zero-order chi connectivity index (χ0) is 23.3. The fourth-order valence-electron chi connectivity index (χ4n) is 3.87. The van der Waals surface area contributed by atoms with Crippen LogP contribution in [-0.2, 0) is 27.6 Å². The summed E-state index contributed by atoms with van der Waals surface area (Å²) in [5, 5.41) is 8.85. The number of carbonyl (C=O) groups is 1. The molecule has 1 fully saturated rings. The molecule has 0 spiro atoms. The number of likely N-dealkylation sites (tertiary alicyclic amines) is 1. The molecule has 3 aromatic rings. The van der Waals surface area contributed by atoms with Crippen molar-refractivity contribution in [2.75, 3.05) is 24.7 Å². The lowest BCUT2D eigenvalue weighted by molar-refractivity contribution is -0.121. The van der Waals surface area contributed by atoms with Gasteiger partial charge in [0.15, 0.2) is 15.0 Å². The van der Waals surface area contributed by atoms with Crippen molar-refractivity contribution in [3.8, 4) is 0 Å². The molecular weight excluding hydrogens is 456 g/mol. The Kier molecular flexibility index (Phi) is 7.42. The predicted molar refractivity (Wildman–Crippen MR) is 132 cm³/mol. The highest BCUT2D eigenvalue weighted by atomic mass is 32.2. The number of nitrogens with zero attached hydrogens (tertiary/aromatic N) is 2. The maximum atomic E-state index is 12.5. The van der Waals surface area contributed by atoms with Crippen LogP contribution in [0.25, 0.3) is 0 Å². The van der Waals surface area contributed by atoms with Gasteiger partial charge in [-0.25, -0.2) is 13.4 Å². The SMILES string of the molecule is CS(=O)(=O)c1ccc(Nc2nc(CC(=O)NC3CCN(Cc4ccccc4)CC3)cs2)cc1. The van der Waals surface area contributed by atoms with Crippen molar-refractivity contribution < 1.29 is 13.2 Å². The highest BCUT2D eigenvalue weighted by Crippen LogP contribution is 2.23. The summed E-state index contributed by atoms with van der Waals surface area (Å²) >= 11 is 1.42. The van der Waals surface area contributed by atoms with Crippen molar-refractivity contribution in [2.24, 2.45) is 0 Å². The van der Waals surface area contributed by atoms with Crippen LogP contribution in [0.2, 0.25) is 0 Å². The number of hydrogen-bond acceptors (Lipinski definition) is 7. The minimum atomic E-state index is -3.22. The molecular formula is C24H28N4O3S2. The van der Waals surface area contributed by atoms with E-state index in [2.05, 4.69) is 44.8 Å². The quantitative estimate of drug-likeness (QED) is 0.508. The van der Waals surface area contributed by atoms with Crippen LogP contribution in [-0.4, -0.2) is 49.6 Å². The van der Waals surface area contributed by atoms with E-state index in [1.54, 1.807) is 24.3 Å². The fourth-order valence-corrected chi connectivity index (χ4v) is 5.24. The van der Waals surface area contributed by atoms with E-state index < -0.39 is 9.84 Å². The van der Waals surface area contributed by atoms with Crippen molar-refractivity contribution in [2.45, 2.75) is 36.7 Å². The van der Waals surface area contributed by atoms with Crippen molar-refractivity contribution in [1.82, 2.24) is 15.2 Å².